The molecule has 0 radical (unpaired) electrons. The highest BCUT2D eigenvalue weighted by atomic mass is 15.7. The maximum absolute atomic E-state index is 5.20. The molecule has 0 aliphatic carbocycles. The molecule has 6 aromatic rings. The Bertz CT molecular complexity index is 2450. The Balaban J connectivity index is 1.41. The summed E-state index contributed by atoms with van der Waals surface area (Å²) in [6, 6.07) is 32.5. The van der Waals surface area contributed by atoms with E-state index in [0.717, 1.165) is 55.1 Å². The summed E-state index contributed by atoms with van der Waals surface area (Å²) in [6.07, 6.45) is 0. The lowest BCUT2D eigenvalue weighted by atomic mass is 10.1. The maximum atomic E-state index is 5.20. The SMILES string of the molecule is c1ccc2c(c1)C1=NC3=NC(=Nc4c5ccccc5c5n4Nn4c(c6ccccc6c4=N5)=NC2=N1)c1ccccc13. The molecule has 2 aromatic heterocycles. The van der Waals surface area contributed by atoms with E-state index in [1.165, 1.54) is 0 Å². The van der Waals surface area contributed by atoms with E-state index in [1.54, 1.807) is 0 Å². The van der Waals surface area contributed by atoms with E-state index in [2.05, 4.69) is 29.8 Å². The van der Waals surface area contributed by atoms with Crippen LogP contribution in [-0.4, -0.2) is 32.7 Å². The van der Waals surface area contributed by atoms with Gasteiger partial charge in [0.2, 0.25) is 0 Å². The third kappa shape index (κ3) is 2.69. The van der Waals surface area contributed by atoms with Crippen molar-refractivity contribution >= 4 is 56.5 Å². The molecule has 4 aliphatic rings. The van der Waals surface area contributed by atoms with Gasteiger partial charge in [0.25, 0.3) is 0 Å². The van der Waals surface area contributed by atoms with Gasteiger partial charge in [-0.2, -0.15) is 0 Å². The van der Waals surface area contributed by atoms with Crippen LogP contribution in [0.1, 0.15) is 22.3 Å². The molecule has 4 aliphatic heterocycles. The monoisotopic (exact) mass is 527 g/mol. The van der Waals surface area contributed by atoms with Gasteiger partial charge >= 0.3 is 0 Å². The van der Waals surface area contributed by atoms with E-state index in [0.29, 0.717) is 34.6 Å². The molecule has 0 fully saturated rings. The summed E-state index contributed by atoms with van der Waals surface area (Å²) in [7, 11) is 0. The average molecular weight is 528 g/mol. The van der Waals surface area contributed by atoms with E-state index in [-0.39, 0.29) is 0 Å². The fourth-order valence-corrected chi connectivity index (χ4v) is 6.09. The maximum Gasteiger partial charge on any atom is 0.165 e. The van der Waals surface area contributed by atoms with Gasteiger partial charge in [-0.1, -0.05) is 97.1 Å². The lowest BCUT2D eigenvalue weighted by Crippen LogP contribution is -2.41. The van der Waals surface area contributed by atoms with E-state index in [4.69, 9.17) is 30.0 Å². The highest BCUT2D eigenvalue weighted by Gasteiger charge is 2.29. The Labute approximate surface area is 231 Å². The Morgan fingerprint density at radius 1 is 0.366 bits per heavy atom. The first-order valence-electron chi connectivity index (χ1n) is 13.3. The minimum atomic E-state index is 0.578. The van der Waals surface area contributed by atoms with Crippen molar-refractivity contribution in [2.24, 2.45) is 30.0 Å². The number of fused-ring (bicyclic) bond motifs is 14. The highest BCUT2D eigenvalue weighted by Crippen LogP contribution is 2.39. The molecule has 9 heteroatoms. The minimum Gasteiger partial charge on any atom is -0.224 e. The van der Waals surface area contributed by atoms with Crippen LogP contribution in [0, 0.1) is 0 Å². The van der Waals surface area contributed by atoms with Gasteiger partial charge in [0, 0.05) is 43.8 Å². The molecule has 0 saturated heterocycles. The Morgan fingerprint density at radius 2 is 0.756 bits per heavy atom. The number of rotatable bonds is 0. The summed E-state index contributed by atoms with van der Waals surface area (Å²) < 4.78 is 3.84. The lowest BCUT2D eigenvalue weighted by molar-refractivity contribution is 0.682. The number of amidine groups is 4. The second-order valence-electron chi connectivity index (χ2n) is 10.2. The second-order valence-corrected chi connectivity index (χ2v) is 10.2. The molecular weight excluding hydrogens is 510 g/mol. The summed E-state index contributed by atoms with van der Waals surface area (Å²) in [5.74, 6) is 3.82. The first-order valence-corrected chi connectivity index (χ1v) is 13.3. The molecular formula is C32H17N9. The summed E-state index contributed by atoms with van der Waals surface area (Å²) in [6.45, 7) is 0. The van der Waals surface area contributed by atoms with Gasteiger partial charge in [-0.25, -0.2) is 44.8 Å². The average Bonchev–Trinajstić information content (AvgIpc) is 3.73. The van der Waals surface area contributed by atoms with Crippen molar-refractivity contribution in [3.05, 3.63) is 130 Å². The number of hydrogen-bond donors (Lipinski definition) is 1. The van der Waals surface area contributed by atoms with E-state index < -0.39 is 0 Å². The van der Waals surface area contributed by atoms with Crippen molar-refractivity contribution in [1.82, 2.24) is 9.35 Å². The van der Waals surface area contributed by atoms with Crippen molar-refractivity contribution < 1.29 is 0 Å². The Morgan fingerprint density at radius 3 is 1.29 bits per heavy atom. The molecule has 4 aromatic carbocycles. The number of aliphatic imine (C=N–C) groups is 4. The van der Waals surface area contributed by atoms with Crippen LogP contribution < -0.4 is 16.5 Å². The quantitative estimate of drug-likeness (QED) is 0.308. The number of aromatic nitrogens is 2. The first kappa shape index (κ1) is 20.9. The van der Waals surface area contributed by atoms with Gasteiger partial charge in [0.15, 0.2) is 46.0 Å². The predicted molar refractivity (Wildman–Crippen MR) is 159 cm³/mol. The van der Waals surface area contributed by atoms with Crippen LogP contribution in [0.3, 0.4) is 0 Å². The Hall–Kier alpha value is -5.96. The lowest BCUT2D eigenvalue weighted by Gasteiger charge is -2.17. The zero-order valence-corrected chi connectivity index (χ0v) is 21.3. The number of nitrogens with one attached hydrogen (secondary N) is 1. The largest absolute Gasteiger partial charge is 0.224 e. The van der Waals surface area contributed by atoms with Crippen LogP contribution in [0.15, 0.2) is 127 Å². The molecule has 6 heterocycles. The van der Waals surface area contributed by atoms with Gasteiger partial charge in [0.05, 0.1) is 0 Å². The van der Waals surface area contributed by atoms with E-state index >= 15 is 0 Å². The van der Waals surface area contributed by atoms with Crippen LogP contribution in [0.4, 0.5) is 11.6 Å². The van der Waals surface area contributed by atoms with Crippen molar-refractivity contribution in [2.75, 3.05) is 5.53 Å². The molecule has 0 saturated carbocycles. The number of nitrogens with zero attached hydrogens (tertiary/aromatic N) is 8. The van der Waals surface area contributed by atoms with Crippen molar-refractivity contribution in [2.45, 2.75) is 0 Å². The third-order valence-corrected chi connectivity index (χ3v) is 7.95. The summed E-state index contributed by atoms with van der Waals surface area (Å²) >= 11 is 0. The van der Waals surface area contributed by atoms with Gasteiger partial charge in [0.1, 0.15) is 0 Å². The van der Waals surface area contributed by atoms with Crippen LogP contribution in [0.5, 0.6) is 0 Å². The molecule has 0 amide bonds. The van der Waals surface area contributed by atoms with Crippen molar-refractivity contribution in [3.63, 3.8) is 0 Å². The zero-order chi connectivity index (χ0) is 26.7. The van der Waals surface area contributed by atoms with Crippen molar-refractivity contribution in [3.8, 4) is 0 Å². The second kappa shape index (κ2) is 7.36. The molecule has 0 atom stereocenters. The van der Waals surface area contributed by atoms with Crippen LogP contribution in [0.25, 0.3) is 21.5 Å². The molecule has 10 rings (SSSR count). The normalized spacial score (nSPS) is 15.5. The first-order chi connectivity index (χ1) is 20.3. The van der Waals surface area contributed by atoms with Gasteiger partial charge < -0.3 is 0 Å². The summed E-state index contributed by atoms with van der Waals surface area (Å²) in [5, 5.41) is 3.92. The molecule has 0 unspecified atom stereocenters. The highest BCUT2D eigenvalue weighted by molar-refractivity contribution is 6.29. The number of hydrogen-bond acceptors (Lipinski definition) is 7. The van der Waals surface area contributed by atoms with E-state index in [9.17, 15) is 0 Å². The Kier molecular flexibility index (Phi) is 3.76. The zero-order valence-electron chi connectivity index (χ0n) is 21.3. The minimum absolute atomic E-state index is 0.578. The molecule has 1 N–H and O–H groups in total. The topological polar surface area (TPSA) is 96.0 Å². The van der Waals surface area contributed by atoms with Gasteiger partial charge in [-0.15, -0.1) is 0 Å². The molecule has 9 nitrogen and oxygen atoms in total. The van der Waals surface area contributed by atoms with Crippen molar-refractivity contribution in [1.29, 1.82) is 0 Å². The van der Waals surface area contributed by atoms with Crippen LogP contribution in [0.2, 0.25) is 0 Å². The summed E-state index contributed by atoms with van der Waals surface area (Å²) in [5.41, 5.74) is 8.73. The smallest absolute Gasteiger partial charge is 0.165 e. The predicted octanol–water partition coefficient (Wildman–Crippen LogP) is 4.55. The third-order valence-electron chi connectivity index (χ3n) is 7.95. The van der Waals surface area contributed by atoms with Gasteiger partial charge in [-0.05, 0) is 0 Å². The van der Waals surface area contributed by atoms with E-state index in [1.807, 2.05) is 82.1 Å². The molecule has 41 heavy (non-hydrogen) atoms. The summed E-state index contributed by atoms with van der Waals surface area (Å²) in [4.78, 5) is 30.4. The number of benzene rings is 4. The standard InChI is InChI=1S/C32H17N9/c1-3-11-19-17(9-1)25-33-26-18-10-2-4-12-20(18)28(35-26)37-30-22-14-6-8-16-24(22)32-38-31-23-15-7-5-13-21(23)29(36-27(19)34-25)40(31)39-41(30)32/h1-16,39H. The molecule has 190 valence electrons. The fraction of sp³-hybridized carbons (Fsp3) is 0. The molecule has 0 spiro atoms. The van der Waals surface area contributed by atoms with Crippen LogP contribution >= 0.6 is 0 Å². The fourth-order valence-electron chi connectivity index (χ4n) is 6.09. The van der Waals surface area contributed by atoms with Gasteiger partial charge in [-0.3, -0.25) is 0 Å². The van der Waals surface area contributed by atoms with Crippen LogP contribution in [-0.2, 0) is 0 Å². The molecule has 6 bridgehead atoms.